The Bertz CT molecular complexity index is 3810. The van der Waals surface area contributed by atoms with Gasteiger partial charge in [0, 0.05) is 51.3 Å². The maximum Gasteiger partial charge on any atom is 0.137 e. The average Bonchev–Trinajstić information content (AvgIpc) is 4.07. The zero-order chi connectivity index (χ0) is 50.7. The largest absolute Gasteiger partial charge is 0.457 e. The molecule has 0 amide bonds. The van der Waals surface area contributed by atoms with Gasteiger partial charge in [-0.2, -0.15) is 0 Å². The fourth-order valence-electron chi connectivity index (χ4n) is 13.6. The lowest BCUT2D eigenvalue weighted by Crippen LogP contribution is -2.56. The zero-order valence-electron chi connectivity index (χ0n) is 43.1. The van der Waals surface area contributed by atoms with E-state index in [9.17, 15) is 0 Å². The van der Waals surface area contributed by atoms with Crippen LogP contribution in [0.4, 0.5) is 22.7 Å². The molecule has 11 aromatic rings. The molecule has 1 aliphatic heterocycles. The average molecular weight is 973 g/mol. The second kappa shape index (κ2) is 18.4. The highest BCUT2D eigenvalue weighted by molar-refractivity contribution is 6.09. The summed E-state index contributed by atoms with van der Waals surface area (Å²) in [4.78, 5) is 10.1. The summed E-state index contributed by atoms with van der Waals surface area (Å²) in [5, 5.41) is 2.33. The maximum atomic E-state index is 7.16. The van der Waals surface area contributed by atoms with E-state index < -0.39 is 0 Å². The van der Waals surface area contributed by atoms with Gasteiger partial charge in [-0.1, -0.05) is 204 Å². The van der Waals surface area contributed by atoms with Crippen LogP contribution < -0.4 is 14.5 Å². The van der Waals surface area contributed by atoms with Crippen molar-refractivity contribution in [2.75, 3.05) is 16.5 Å². The lowest BCUT2D eigenvalue weighted by Gasteiger charge is -2.60. The van der Waals surface area contributed by atoms with Crippen LogP contribution in [0.5, 0.6) is 11.5 Å². The van der Waals surface area contributed by atoms with E-state index in [0.717, 1.165) is 74.8 Å². The molecule has 75 heavy (non-hydrogen) atoms. The van der Waals surface area contributed by atoms with Crippen LogP contribution in [0.15, 0.2) is 243 Å². The van der Waals surface area contributed by atoms with Crippen LogP contribution in [0, 0.1) is 10.8 Å². The third-order valence-electron chi connectivity index (χ3n) is 16.7. The van der Waals surface area contributed by atoms with Crippen LogP contribution in [-0.2, 0) is 5.41 Å². The van der Waals surface area contributed by atoms with E-state index in [0.29, 0.717) is 6.67 Å². The first-order chi connectivity index (χ1) is 36.7. The van der Waals surface area contributed by atoms with E-state index in [2.05, 4.69) is 279 Å². The first-order valence-electron chi connectivity index (χ1n) is 26.5. The summed E-state index contributed by atoms with van der Waals surface area (Å²) in [6.07, 6.45) is 5.53. The second-order valence-corrected chi connectivity index (χ2v) is 21.8. The Balaban J connectivity index is 0.935. The van der Waals surface area contributed by atoms with Crippen molar-refractivity contribution in [3.05, 3.63) is 254 Å². The van der Waals surface area contributed by atoms with Crippen molar-refractivity contribution >= 4 is 44.6 Å². The van der Waals surface area contributed by atoms with Crippen molar-refractivity contribution < 1.29 is 4.74 Å². The predicted molar refractivity (Wildman–Crippen MR) is 312 cm³/mol. The van der Waals surface area contributed by atoms with Gasteiger partial charge in [0.05, 0.1) is 28.1 Å². The topological polar surface area (TPSA) is 33.5 Å². The molecule has 0 unspecified atom stereocenters. The van der Waals surface area contributed by atoms with Gasteiger partial charge >= 0.3 is 0 Å². The molecule has 1 fully saturated rings. The van der Waals surface area contributed by atoms with Gasteiger partial charge in [0.1, 0.15) is 24.0 Å². The van der Waals surface area contributed by atoms with E-state index in [1.807, 2.05) is 6.20 Å². The smallest absolute Gasteiger partial charge is 0.137 e. The van der Waals surface area contributed by atoms with Gasteiger partial charge in [-0.05, 0) is 112 Å². The molecule has 366 valence electrons. The van der Waals surface area contributed by atoms with Crippen molar-refractivity contribution in [3.8, 4) is 50.7 Å². The Hall–Kier alpha value is -8.67. The highest BCUT2D eigenvalue weighted by Gasteiger charge is 2.58. The molecule has 9 aromatic carbocycles. The minimum absolute atomic E-state index is 0.0170. The quantitative estimate of drug-likeness (QED) is 0.137. The van der Waals surface area contributed by atoms with Gasteiger partial charge in [-0.15, -0.1) is 0 Å². The van der Waals surface area contributed by atoms with E-state index in [-0.39, 0.29) is 16.2 Å². The monoisotopic (exact) mass is 972 g/mol. The Morgan fingerprint density at radius 3 is 1.67 bits per heavy atom. The molecule has 2 aromatic heterocycles. The highest BCUT2D eigenvalue weighted by atomic mass is 16.5. The third kappa shape index (κ3) is 7.71. The van der Waals surface area contributed by atoms with Gasteiger partial charge in [-0.3, -0.25) is 4.57 Å². The van der Waals surface area contributed by atoms with Crippen LogP contribution in [0.2, 0.25) is 0 Å². The number of pyridine rings is 1. The van der Waals surface area contributed by atoms with Gasteiger partial charge in [0.15, 0.2) is 0 Å². The Morgan fingerprint density at radius 2 is 1.00 bits per heavy atom. The fourth-order valence-corrected chi connectivity index (χ4v) is 13.6. The molecule has 13 rings (SSSR count). The van der Waals surface area contributed by atoms with Gasteiger partial charge in [0.25, 0.3) is 0 Å². The number of hydrogen-bond acceptors (Lipinski definition) is 4. The summed E-state index contributed by atoms with van der Waals surface area (Å²) in [5.41, 5.74) is 15.9. The van der Waals surface area contributed by atoms with Crippen molar-refractivity contribution in [3.63, 3.8) is 0 Å². The lowest BCUT2D eigenvalue weighted by atomic mass is 9.43. The number of fused-ring (bicyclic) bond motifs is 4. The first kappa shape index (κ1) is 46.1. The molecule has 2 aliphatic rings. The van der Waals surface area contributed by atoms with Crippen LogP contribution in [-0.4, -0.2) is 16.2 Å². The van der Waals surface area contributed by atoms with Crippen LogP contribution >= 0.6 is 0 Å². The molecule has 0 bridgehead atoms. The van der Waals surface area contributed by atoms with Crippen molar-refractivity contribution in [2.45, 2.75) is 52.4 Å². The molecule has 3 heterocycles. The maximum absolute atomic E-state index is 7.16. The van der Waals surface area contributed by atoms with Crippen molar-refractivity contribution in [1.82, 2.24) is 9.55 Å². The number of ether oxygens (including phenoxy) is 1. The second-order valence-electron chi connectivity index (χ2n) is 21.8. The molecular weight excluding hydrogens is 913 g/mol. The van der Waals surface area contributed by atoms with E-state index >= 15 is 0 Å². The SMILES string of the molecule is CC1(C)CCCC(C)(C)C1(c1ccccc1)c1ccnc(-n2c3ccccc3c3ccc(Oc4cc(-c5ccccc5)cc(N5CN(c6c(-c7ccccc7)cccc6-c6ccccc6)c6ccccc65)c4)cc32)c1. The third-order valence-corrected chi connectivity index (χ3v) is 16.7. The molecule has 0 N–H and O–H groups in total. The number of benzene rings is 9. The number of nitrogens with zero attached hydrogens (tertiary/aromatic N) is 4. The van der Waals surface area contributed by atoms with Crippen molar-refractivity contribution in [1.29, 1.82) is 0 Å². The molecule has 1 aliphatic carbocycles. The summed E-state index contributed by atoms with van der Waals surface area (Å²) in [6.45, 7) is 10.5. The highest BCUT2D eigenvalue weighted by Crippen LogP contribution is 2.64. The molecule has 0 radical (unpaired) electrons. The number of anilines is 4. The van der Waals surface area contributed by atoms with E-state index in [1.165, 1.54) is 50.9 Å². The minimum Gasteiger partial charge on any atom is -0.457 e. The molecule has 1 saturated carbocycles. The van der Waals surface area contributed by atoms with Crippen LogP contribution in [0.1, 0.15) is 58.1 Å². The van der Waals surface area contributed by atoms with Crippen LogP contribution in [0.3, 0.4) is 0 Å². The predicted octanol–water partition coefficient (Wildman–Crippen LogP) is 18.7. The fraction of sp³-hybridized carbons (Fsp3) is 0.157. The Morgan fingerprint density at radius 1 is 0.427 bits per heavy atom. The normalized spacial score (nSPS) is 15.5. The lowest BCUT2D eigenvalue weighted by molar-refractivity contribution is 0.00547. The van der Waals surface area contributed by atoms with Crippen molar-refractivity contribution in [2.24, 2.45) is 10.8 Å². The van der Waals surface area contributed by atoms with Gasteiger partial charge < -0.3 is 14.5 Å². The molecule has 0 saturated heterocycles. The Kier molecular flexibility index (Phi) is 11.3. The standard InChI is InChI=1S/C70H60N4O/c1-68(2)40-22-41-69(3,4)70(68,53-29-15-8-16-30-53)54-39-42-71-66(45-54)74-62-34-18-17-31-60(62)61-38-37-56(47-65(61)74)75-57-44-52(49-23-9-5-10-24-49)43-55(46-57)72-48-73(64-36-20-19-35-63(64)72)67-58(50-25-11-6-12-26-50)32-21-33-59(67)51-27-13-7-14-28-51/h5-21,23-39,42-47H,22,40-41,48H2,1-4H3. The molecule has 0 spiro atoms. The summed E-state index contributed by atoms with van der Waals surface area (Å²) in [7, 11) is 0. The minimum atomic E-state index is -0.256. The molecule has 5 heteroatoms. The number of aromatic nitrogens is 2. The number of hydrogen-bond donors (Lipinski definition) is 0. The summed E-state index contributed by atoms with van der Waals surface area (Å²) < 4.78 is 9.51. The summed E-state index contributed by atoms with van der Waals surface area (Å²) in [5.74, 6) is 2.41. The summed E-state index contributed by atoms with van der Waals surface area (Å²) >= 11 is 0. The van der Waals surface area contributed by atoms with Gasteiger partial charge in [0.2, 0.25) is 0 Å². The number of para-hydroxylation sites is 4. The van der Waals surface area contributed by atoms with Gasteiger partial charge in [-0.25, -0.2) is 4.98 Å². The number of rotatable bonds is 10. The molecule has 5 nitrogen and oxygen atoms in total. The molecular formula is C70H60N4O. The first-order valence-corrected chi connectivity index (χ1v) is 26.5. The zero-order valence-corrected chi connectivity index (χ0v) is 43.1. The van der Waals surface area contributed by atoms with Crippen LogP contribution in [0.25, 0.3) is 61.0 Å². The Labute approximate surface area is 441 Å². The summed E-state index contributed by atoms with van der Waals surface area (Å²) in [6, 6.07) is 85.5. The van der Waals surface area contributed by atoms with E-state index in [1.54, 1.807) is 0 Å². The molecule has 0 atom stereocenters. The van der Waals surface area contributed by atoms with E-state index in [4.69, 9.17) is 9.72 Å².